The van der Waals surface area contributed by atoms with Crippen molar-refractivity contribution in [3.8, 4) is 5.69 Å². The van der Waals surface area contributed by atoms with Gasteiger partial charge in [-0.25, -0.2) is 12.7 Å². The molecular formula is C19H14N6O5S2. The number of carbonyl (C=O) groups excluding carboxylic acids is 3. The van der Waals surface area contributed by atoms with Crippen LogP contribution in [0, 0.1) is 0 Å². The molecule has 0 saturated carbocycles. The van der Waals surface area contributed by atoms with Gasteiger partial charge in [0.1, 0.15) is 4.90 Å². The Bertz CT molecular complexity index is 1370. The van der Waals surface area contributed by atoms with Crippen molar-refractivity contribution in [2.45, 2.75) is 22.9 Å². The number of thioether (sulfide) groups is 1. The first kappa shape index (κ1) is 20.3. The Morgan fingerprint density at radius 2 is 1.66 bits per heavy atom. The van der Waals surface area contributed by atoms with Gasteiger partial charge in [0.2, 0.25) is 17.0 Å². The van der Waals surface area contributed by atoms with Crippen molar-refractivity contribution in [1.82, 2.24) is 24.5 Å². The van der Waals surface area contributed by atoms with Crippen molar-refractivity contribution in [1.29, 1.82) is 0 Å². The number of anilines is 1. The van der Waals surface area contributed by atoms with Gasteiger partial charge in [-0.15, -0.1) is 5.10 Å². The van der Waals surface area contributed by atoms with Crippen LogP contribution in [0.25, 0.3) is 5.69 Å². The molecule has 32 heavy (non-hydrogen) atoms. The van der Waals surface area contributed by atoms with Gasteiger partial charge in [0.05, 0.1) is 22.8 Å². The lowest BCUT2D eigenvalue weighted by atomic mass is 10.2. The van der Waals surface area contributed by atoms with E-state index in [9.17, 15) is 22.8 Å². The standard InChI is InChI=1S/C19H14N6O5S2/c26-16-8-9-17(27)24(16)12-4-3-5-13(10-12)25-19(20-21-22-25)31-11-23-18(28)14-6-1-2-7-15(14)32(23,29)30/h1-7,10H,8-9,11H2. The SMILES string of the molecule is O=C1CCC(=O)N1c1cccc(-n2nnnc2SCN2C(=O)c3ccccc3S2(=O)=O)c1. The minimum atomic E-state index is -3.95. The number of hydrogen-bond acceptors (Lipinski definition) is 9. The van der Waals surface area contributed by atoms with Crippen LogP contribution in [0.15, 0.2) is 58.6 Å². The van der Waals surface area contributed by atoms with Gasteiger partial charge in [-0.1, -0.05) is 30.0 Å². The average molecular weight is 470 g/mol. The molecule has 11 nitrogen and oxygen atoms in total. The summed E-state index contributed by atoms with van der Waals surface area (Å²) in [7, 11) is -3.95. The van der Waals surface area contributed by atoms with Gasteiger partial charge >= 0.3 is 0 Å². The number of amides is 3. The number of carbonyl (C=O) groups is 3. The number of imide groups is 1. The Morgan fingerprint density at radius 1 is 0.938 bits per heavy atom. The third-order valence-corrected chi connectivity index (χ3v) is 7.90. The number of sulfonamides is 1. The Balaban J connectivity index is 1.40. The van der Waals surface area contributed by atoms with E-state index in [2.05, 4.69) is 15.5 Å². The summed E-state index contributed by atoms with van der Waals surface area (Å²) in [6, 6.07) is 12.6. The summed E-state index contributed by atoms with van der Waals surface area (Å²) < 4.78 is 27.6. The lowest BCUT2D eigenvalue weighted by Crippen LogP contribution is -2.29. The van der Waals surface area contributed by atoms with Crippen LogP contribution in [0.3, 0.4) is 0 Å². The molecule has 3 aromatic rings. The molecule has 0 atom stereocenters. The van der Waals surface area contributed by atoms with E-state index >= 15 is 0 Å². The maximum Gasteiger partial charge on any atom is 0.269 e. The van der Waals surface area contributed by atoms with E-state index < -0.39 is 15.9 Å². The van der Waals surface area contributed by atoms with E-state index in [0.717, 1.165) is 21.0 Å². The molecule has 0 bridgehead atoms. The molecule has 3 heterocycles. The lowest BCUT2D eigenvalue weighted by molar-refractivity contribution is -0.121. The molecule has 13 heteroatoms. The molecule has 2 aliphatic rings. The quantitative estimate of drug-likeness (QED) is 0.398. The molecule has 0 N–H and O–H groups in total. The molecule has 3 amide bonds. The molecule has 1 saturated heterocycles. The summed E-state index contributed by atoms with van der Waals surface area (Å²) in [6.45, 7) is 0. The van der Waals surface area contributed by atoms with Crippen LogP contribution >= 0.6 is 11.8 Å². The third-order valence-electron chi connectivity index (χ3n) is 5.05. The van der Waals surface area contributed by atoms with E-state index in [1.54, 1.807) is 36.4 Å². The smallest absolute Gasteiger partial charge is 0.269 e. The summed E-state index contributed by atoms with van der Waals surface area (Å²) in [5, 5.41) is 11.7. The second-order valence-electron chi connectivity index (χ2n) is 6.94. The van der Waals surface area contributed by atoms with Crippen LogP contribution in [-0.4, -0.2) is 56.5 Å². The van der Waals surface area contributed by atoms with Gasteiger partial charge in [-0.05, 0) is 40.8 Å². The highest BCUT2D eigenvalue weighted by Gasteiger charge is 2.41. The van der Waals surface area contributed by atoms with Gasteiger partial charge in [0, 0.05) is 12.8 Å². The summed E-state index contributed by atoms with van der Waals surface area (Å²) in [5.74, 6) is -1.40. The summed E-state index contributed by atoms with van der Waals surface area (Å²) in [6.07, 6.45) is 0.325. The normalized spacial score (nSPS) is 17.3. The monoisotopic (exact) mass is 470 g/mol. The maximum atomic E-state index is 12.7. The topological polar surface area (TPSA) is 135 Å². The van der Waals surface area contributed by atoms with E-state index in [1.165, 1.54) is 16.8 Å². The summed E-state index contributed by atoms with van der Waals surface area (Å²) >= 11 is 0.967. The predicted octanol–water partition coefficient (Wildman–Crippen LogP) is 1.21. The number of nitrogens with zero attached hydrogens (tertiary/aromatic N) is 6. The zero-order valence-corrected chi connectivity index (χ0v) is 17.9. The third kappa shape index (κ3) is 3.17. The summed E-state index contributed by atoms with van der Waals surface area (Å²) in [4.78, 5) is 37.8. The number of hydrogen-bond donors (Lipinski definition) is 0. The fourth-order valence-corrected chi connectivity index (χ4v) is 6.19. The highest BCUT2D eigenvalue weighted by Crippen LogP contribution is 2.33. The van der Waals surface area contributed by atoms with Crippen molar-refractivity contribution < 1.29 is 22.8 Å². The van der Waals surface area contributed by atoms with E-state index in [1.807, 2.05) is 0 Å². The van der Waals surface area contributed by atoms with E-state index in [4.69, 9.17) is 0 Å². The lowest BCUT2D eigenvalue weighted by Gasteiger charge is -2.16. The molecule has 0 radical (unpaired) electrons. The Kier molecular flexibility index (Phi) is 4.78. The van der Waals surface area contributed by atoms with Crippen molar-refractivity contribution in [3.05, 3.63) is 54.1 Å². The average Bonchev–Trinajstić information content (AvgIpc) is 3.44. The molecule has 5 rings (SSSR count). The summed E-state index contributed by atoms with van der Waals surface area (Å²) in [5.41, 5.74) is 0.996. The van der Waals surface area contributed by atoms with Crippen LogP contribution in [0.4, 0.5) is 5.69 Å². The molecule has 0 unspecified atom stereocenters. The van der Waals surface area contributed by atoms with Gasteiger partial charge in [-0.2, -0.15) is 4.68 Å². The molecule has 1 aromatic heterocycles. The van der Waals surface area contributed by atoms with Gasteiger partial charge in [0.25, 0.3) is 15.9 Å². The molecule has 0 spiro atoms. The first-order valence-electron chi connectivity index (χ1n) is 9.41. The van der Waals surface area contributed by atoms with Crippen molar-refractivity contribution >= 4 is 45.2 Å². The number of fused-ring (bicyclic) bond motifs is 1. The van der Waals surface area contributed by atoms with Gasteiger partial charge in [-0.3, -0.25) is 19.3 Å². The first-order valence-corrected chi connectivity index (χ1v) is 11.8. The zero-order chi connectivity index (χ0) is 22.5. The Morgan fingerprint density at radius 3 is 2.41 bits per heavy atom. The fourth-order valence-electron chi connectivity index (χ4n) is 3.53. The second-order valence-corrected chi connectivity index (χ2v) is 9.69. The fraction of sp³-hybridized carbons (Fsp3) is 0.158. The molecule has 1 fully saturated rings. The first-order chi connectivity index (χ1) is 15.4. The largest absolute Gasteiger partial charge is 0.274 e. The van der Waals surface area contributed by atoms with Crippen LogP contribution in [0.2, 0.25) is 0 Å². The maximum absolute atomic E-state index is 12.7. The minimum absolute atomic E-state index is 0.0298. The van der Waals surface area contributed by atoms with Crippen LogP contribution < -0.4 is 4.90 Å². The van der Waals surface area contributed by atoms with Crippen LogP contribution in [0.5, 0.6) is 0 Å². The van der Waals surface area contributed by atoms with Gasteiger partial charge < -0.3 is 0 Å². The van der Waals surface area contributed by atoms with Gasteiger partial charge in [0.15, 0.2) is 0 Å². The van der Waals surface area contributed by atoms with Crippen LogP contribution in [-0.2, 0) is 19.6 Å². The zero-order valence-electron chi connectivity index (χ0n) is 16.3. The second kappa shape index (κ2) is 7.53. The van der Waals surface area contributed by atoms with Crippen LogP contribution in [0.1, 0.15) is 23.2 Å². The number of aromatic nitrogens is 4. The predicted molar refractivity (Wildman–Crippen MR) is 111 cm³/mol. The number of rotatable bonds is 5. The molecule has 162 valence electrons. The highest BCUT2D eigenvalue weighted by molar-refractivity contribution is 8.00. The number of tetrazole rings is 1. The molecule has 2 aliphatic heterocycles. The number of benzene rings is 2. The Labute approximate surface area is 186 Å². The molecular weight excluding hydrogens is 456 g/mol. The van der Waals surface area contributed by atoms with Crippen molar-refractivity contribution in [2.75, 3.05) is 10.8 Å². The van der Waals surface area contributed by atoms with Crippen molar-refractivity contribution in [2.24, 2.45) is 0 Å². The minimum Gasteiger partial charge on any atom is -0.274 e. The highest BCUT2D eigenvalue weighted by atomic mass is 32.2. The molecule has 0 aliphatic carbocycles. The van der Waals surface area contributed by atoms with Crippen molar-refractivity contribution in [3.63, 3.8) is 0 Å². The molecule has 2 aromatic carbocycles. The van der Waals surface area contributed by atoms with E-state index in [-0.39, 0.29) is 46.1 Å². The van der Waals surface area contributed by atoms with E-state index in [0.29, 0.717) is 11.4 Å². The Hall–Kier alpha value is -3.58.